The Bertz CT molecular complexity index is 635. The molecule has 1 amide bonds. The molecule has 1 aliphatic carbocycles. The number of aliphatic carboxylic acids is 1. The number of carbonyl (C=O) groups is 2. The first-order valence-corrected chi connectivity index (χ1v) is 9.49. The van der Waals surface area contributed by atoms with Crippen molar-refractivity contribution in [3.05, 3.63) is 41.5 Å². The van der Waals surface area contributed by atoms with E-state index in [0.29, 0.717) is 18.2 Å². The Hall–Kier alpha value is -2.14. The molecular weight excluding hydrogens is 328 g/mol. The van der Waals surface area contributed by atoms with Crippen molar-refractivity contribution in [3.63, 3.8) is 0 Å². The first-order chi connectivity index (χ1) is 12.5. The highest BCUT2D eigenvalue weighted by Gasteiger charge is 2.20. The van der Waals surface area contributed by atoms with Gasteiger partial charge in [-0.15, -0.1) is 0 Å². The standard InChI is InChI=1S/C21H30N2O3/c1-15(2)17-8-10-18(11-9-17)23-20(24)14-19(21(25)26)22-13-12-16-6-4-3-5-7-16/h6,8-11,15,19,22H,3-5,7,12-14H2,1-2H3,(H,23,24)(H,25,26). The second kappa shape index (κ2) is 10.1. The smallest absolute Gasteiger partial charge is 0.321 e. The number of carboxylic acids is 1. The Morgan fingerprint density at radius 1 is 1.15 bits per heavy atom. The van der Waals surface area contributed by atoms with Gasteiger partial charge in [0.25, 0.3) is 0 Å². The van der Waals surface area contributed by atoms with Crippen LogP contribution in [0.25, 0.3) is 0 Å². The first-order valence-electron chi connectivity index (χ1n) is 9.49. The zero-order chi connectivity index (χ0) is 18.9. The van der Waals surface area contributed by atoms with Gasteiger partial charge in [0.2, 0.25) is 5.91 Å². The molecule has 0 heterocycles. The Morgan fingerprint density at radius 3 is 2.46 bits per heavy atom. The molecule has 5 nitrogen and oxygen atoms in total. The minimum atomic E-state index is -0.993. The molecule has 1 aromatic carbocycles. The molecule has 3 N–H and O–H groups in total. The quantitative estimate of drug-likeness (QED) is 0.581. The highest BCUT2D eigenvalue weighted by atomic mass is 16.4. The van der Waals surface area contributed by atoms with E-state index in [-0.39, 0.29) is 12.3 Å². The van der Waals surface area contributed by atoms with Crippen LogP contribution >= 0.6 is 0 Å². The van der Waals surface area contributed by atoms with Crippen molar-refractivity contribution in [1.82, 2.24) is 5.32 Å². The lowest BCUT2D eigenvalue weighted by atomic mass is 9.97. The maximum absolute atomic E-state index is 12.2. The summed E-state index contributed by atoms with van der Waals surface area (Å²) in [6, 6.07) is 6.79. The summed E-state index contributed by atoms with van der Waals surface area (Å²) in [5, 5.41) is 15.2. The van der Waals surface area contributed by atoms with Crippen LogP contribution in [-0.2, 0) is 9.59 Å². The van der Waals surface area contributed by atoms with Crippen LogP contribution in [-0.4, -0.2) is 29.6 Å². The largest absolute Gasteiger partial charge is 0.480 e. The van der Waals surface area contributed by atoms with Crippen molar-refractivity contribution in [3.8, 4) is 0 Å². The second-order valence-electron chi connectivity index (χ2n) is 7.23. The van der Waals surface area contributed by atoms with Crippen molar-refractivity contribution in [2.75, 3.05) is 11.9 Å². The monoisotopic (exact) mass is 358 g/mol. The Labute approximate surface area is 155 Å². The number of amides is 1. The van der Waals surface area contributed by atoms with Crippen LogP contribution < -0.4 is 10.6 Å². The third-order valence-corrected chi connectivity index (χ3v) is 4.77. The molecule has 142 valence electrons. The van der Waals surface area contributed by atoms with Gasteiger partial charge in [0.15, 0.2) is 0 Å². The highest BCUT2D eigenvalue weighted by Crippen LogP contribution is 2.20. The van der Waals surface area contributed by atoms with E-state index < -0.39 is 12.0 Å². The predicted octanol–water partition coefficient (Wildman–Crippen LogP) is 4.07. The average Bonchev–Trinajstić information content (AvgIpc) is 2.62. The molecular formula is C21H30N2O3. The third kappa shape index (κ3) is 6.64. The van der Waals surface area contributed by atoms with Gasteiger partial charge < -0.3 is 15.7 Å². The lowest BCUT2D eigenvalue weighted by Gasteiger charge is -2.17. The molecule has 0 bridgehead atoms. The molecule has 1 aromatic rings. The topological polar surface area (TPSA) is 78.4 Å². The van der Waals surface area contributed by atoms with Crippen molar-refractivity contribution >= 4 is 17.6 Å². The van der Waals surface area contributed by atoms with Crippen LogP contribution in [0.3, 0.4) is 0 Å². The number of hydrogen-bond acceptors (Lipinski definition) is 3. The summed E-state index contributed by atoms with van der Waals surface area (Å²) in [5.41, 5.74) is 3.28. The van der Waals surface area contributed by atoms with E-state index in [1.165, 1.54) is 24.0 Å². The summed E-state index contributed by atoms with van der Waals surface area (Å²) in [6.07, 6.45) is 7.71. The van der Waals surface area contributed by atoms with E-state index in [1.807, 2.05) is 24.3 Å². The summed E-state index contributed by atoms with van der Waals surface area (Å²) < 4.78 is 0. The molecule has 5 heteroatoms. The lowest BCUT2D eigenvalue weighted by molar-refractivity contribution is -0.141. The first kappa shape index (κ1) is 20.2. The SMILES string of the molecule is CC(C)c1ccc(NC(=O)CC(NCCC2=CCCCC2)C(=O)O)cc1. The van der Waals surface area contributed by atoms with Crippen molar-refractivity contribution in [2.45, 2.75) is 64.3 Å². The Morgan fingerprint density at radius 2 is 1.88 bits per heavy atom. The summed E-state index contributed by atoms with van der Waals surface area (Å²) in [6.45, 7) is 4.80. The molecule has 1 atom stereocenters. The van der Waals surface area contributed by atoms with Crippen LogP contribution in [0.15, 0.2) is 35.9 Å². The summed E-state index contributed by atoms with van der Waals surface area (Å²) in [7, 11) is 0. The number of nitrogens with one attached hydrogen (secondary N) is 2. The molecule has 0 saturated heterocycles. The average molecular weight is 358 g/mol. The molecule has 0 spiro atoms. The fourth-order valence-corrected chi connectivity index (χ4v) is 3.13. The fraction of sp³-hybridized carbons (Fsp3) is 0.524. The van der Waals surface area contributed by atoms with Crippen molar-refractivity contribution in [2.24, 2.45) is 0 Å². The molecule has 0 aromatic heterocycles. The molecule has 1 aliphatic rings. The number of benzene rings is 1. The number of anilines is 1. The minimum Gasteiger partial charge on any atom is -0.480 e. The van der Waals surface area contributed by atoms with E-state index in [4.69, 9.17) is 0 Å². The number of hydrogen-bond donors (Lipinski definition) is 3. The van der Waals surface area contributed by atoms with Crippen LogP contribution in [0.1, 0.15) is 63.9 Å². The third-order valence-electron chi connectivity index (χ3n) is 4.77. The Kier molecular flexibility index (Phi) is 7.85. The van der Waals surface area contributed by atoms with Gasteiger partial charge in [-0.3, -0.25) is 9.59 Å². The molecule has 26 heavy (non-hydrogen) atoms. The summed E-state index contributed by atoms with van der Waals surface area (Å²) >= 11 is 0. The number of carboxylic acid groups (broad SMARTS) is 1. The van der Waals surface area contributed by atoms with Gasteiger partial charge in [-0.1, -0.05) is 37.6 Å². The van der Waals surface area contributed by atoms with Crippen LogP contribution in [0.4, 0.5) is 5.69 Å². The molecule has 2 rings (SSSR count). The van der Waals surface area contributed by atoms with E-state index in [0.717, 1.165) is 19.3 Å². The molecule has 0 aliphatic heterocycles. The van der Waals surface area contributed by atoms with Gasteiger partial charge >= 0.3 is 5.97 Å². The molecule has 0 saturated carbocycles. The number of rotatable bonds is 9. The highest BCUT2D eigenvalue weighted by molar-refractivity contribution is 5.94. The van der Waals surface area contributed by atoms with Crippen LogP contribution in [0.2, 0.25) is 0 Å². The van der Waals surface area contributed by atoms with E-state index in [9.17, 15) is 14.7 Å². The van der Waals surface area contributed by atoms with Crippen molar-refractivity contribution < 1.29 is 14.7 Å². The number of allylic oxidation sites excluding steroid dienone is 1. The normalized spacial score (nSPS) is 15.4. The van der Waals surface area contributed by atoms with Crippen molar-refractivity contribution in [1.29, 1.82) is 0 Å². The van der Waals surface area contributed by atoms with E-state index >= 15 is 0 Å². The van der Waals surface area contributed by atoms with Crippen LogP contribution in [0.5, 0.6) is 0 Å². The molecule has 0 radical (unpaired) electrons. The Balaban J connectivity index is 1.81. The summed E-state index contributed by atoms with van der Waals surface area (Å²) in [4.78, 5) is 23.6. The van der Waals surface area contributed by atoms with Gasteiger partial charge in [0.05, 0.1) is 6.42 Å². The van der Waals surface area contributed by atoms with Crippen LogP contribution in [0, 0.1) is 0 Å². The zero-order valence-corrected chi connectivity index (χ0v) is 15.8. The maximum Gasteiger partial charge on any atom is 0.321 e. The fourth-order valence-electron chi connectivity index (χ4n) is 3.13. The maximum atomic E-state index is 12.2. The van der Waals surface area contributed by atoms with E-state index in [2.05, 4.69) is 30.6 Å². The summed E-state index contributed by atoms with van der Waals surface area (Å²) in [5.74, 6) is -0.855. The van der Waals surface area contributed by atoms with Gasteiger partial charge in [-0.25, -0.2) is 0 Å². The minimum absolute atomic E-state index is 0.0830. The van der Waals surface area contributed by atoms with E-state index in [1.54, 1.807) is 0 Å². The molecule has 1 unspecified atom stereocenters. The lowest BCUT2D eigenvalue weighted by Crippen LogP contribution is -2.40. The predicted molar refractivity (Wildman–Crippen MR) is 104 cm³/mol. The second-order valence-corrected chi connectivity index (χ2v) is 7.23. The van der Waals surface area contributed by atoms with Gasteiger partial charge in [-0.05, 0) is 62.3 Å². The zero-order valence-electron chi connectivity index (χ0n) is 15.8. The van der Waals surface area contributed by atoms with Gasteiger partial charge in [-0.2, -0.15) is 0 Å². The van der Waals surface area contributed by atoms with Gasteiger partial charge in [0.1, 0.15) is 6.04 Å². The number of carbonyl (C=O) groups excluding carboxylic acids is 1. The molecule has 0 fully saturated rings. The van der Waals surface area contributed by atoms with Gasteiger partial charge in [0, 0.05) is 5.69 Å².